The molecule has 0 bridgehead atoms. The third kappa shape index (κ3) is 3.09. The second-order valence-corrected chi connectivity index (χ2v) is 5.74. The zero-order chi connectivity index (χ0) is 13.9. The van der Waals surface area contributed by atoms with Crippen LogP contribution in [0.5, 0.6) is 0 Å². The van der Waals surface area contributed by atoms with Crippen LogP contribution >= 0.6 is 0 Å². The van der Waals surface area contributed by atoms with Crippen molar-refractivity contribution >= 4 is 15.8 Å². The van der Waals surface area contributed by atoms with Crippen LogP contribution in [0.2, 0.25) is 0 Å². The van der Waals surface area contributed by atoms with E-state index in [9.17, 15) is 8.42 Å². The molecule has 2 aromatic heterocycles. The molecule has 0 aliphatic heterocycles. The molecule has 0 amide bonds. The molecule has 7 nitrogen and oxygen atoms in total. The Kier molecular flexibility index (Phi) is 3.82. The zero-order valence-corrected chi connectivity index (χ0v) is 11.5. The van der Waals surface area contributed by atoms with Crippen molar-refractivity contribution in [1.82, 2.24) is 19.9 Å². The molecule has 0 fully saturated rings. The summed E-state index contributed by atoms with van der Waals surface area (Å²) < 4.78 is 26.6. The number of aromatic amines is 1. The Balaban J connectivity index is 2.11. The van der Waals surface area contributed by atoms with E-state index < -0.39 is 10.0 Å². The van der Waals surface area contributed by atoms with Crippen molar-refractivity contribution in [2.45, 2.75) is 18.4 Å². The van der Waals surface area contributed by atoms with E-state index in [4.69, 9.17) is 0 Å². The van der Waals surface area contributed by atoms with E-state index in [0.29, 0.717) is 5.82 Å². The number of aromatic nitrogens is 3. The summed E-state index contributed by atoms with van der Waals surface area (Å²) in [5.74, 6) is 0.615. The quantitative estimate of drug-likeness (QED) is 0.746. The molecule has 102 valence electrons. The molecule has 0 saturated heterocycles. The van der Waals surface area contributed by atoms with Gasteiger partial charge in [0.25, 0.3) is 0 Å². The SMILES string of the molecule is CNc1ccc(S(=O)(=O)NCc2cn[nH]c2C)cn1. The number of sulfonamides is 1. The van der Waals surface area contributed by atoms with Crippen LogP contribution in [0.3, 0.4) is 0 Å². The van der Waals surface area contributed by atoms with Crippen LogP contribution in [0, 0.1) is 6.92 Å². The van der Waals surface area contributed by atoms with Gasteiger partial charge >= 0.3 is 0 Å². The summed E-state index contributed by atoms with van der Waals surface area (Å²) in [6.45, 7) is 2.03. The summed E-state index contributed by atoms with van der Waals surface area (Å²) in [5.41, 5.74) is 1.65. The molecule has 0 aliphatic carbocycles. The van der Waals surface area contributed by atoms with Gasteiger partial charge in [-0.1, -0.05) is 0 Å². The molecule has 0 aromatic carbocycles. The maximum atomic E-state index is 12.0. The number of nitrogens with zero attached hydrogens (tertiary/aromatic N) is 2. The van der Waals surface area contributed by atoms with Crippen molar-refractivity contribution in [2.24, 2.45) is 0 Å². The number of aryl methyl sites for hydroxylation is 1. The summed E-state index contributed by atoms with van der Waals surface area (Å²) in [6.07, 6.45) is 2.91. The van der Waals surface area contributed by atoms with Crippen molar-refractivity contribution < 1.29 is 8.42 Å². The minimum absolute atomic E-state index is 0.132. The average Bonchev–Trinajstić information content (AvgIpc) is 2.82. The van der Waals surface area contributed by atoms with Gasteiger partial charge in [0, 0.05) is 31.0 Å². The Morgan fingerprint density at radius 3 is 2.63 bits per heavy atom. The van der Waals surface area contributed by atoms with Crippen molar-refractivity contribution in [3.05, 3.63) is 35.8 Å². The van der Waals surface area contributed by atoms with Gasteiger partial charge in [-0.3, -0.25) is 5.10 Å². The molecule has 0 atom stereocenters. The van der Waals surface area contributed by atoms with E-state index >= 15 is 0 Å². The normalized spacial score (nSPS) is 11.5. The van der Waals surface area contributed by atoms with Crippen LogP contribution in [0.1, 0.15) is 11.3 Å². The number of rotatable bonds is 5. The highest BCUT2D eigenvalue weighted by molar-refractivity contribution is 7.89. The van der Waals surface area contributed by atoms with Crippen LogP contribution in [-0.4, -0.2) is 30.6 Å². The van der Waals surface area contributed by atoms with Gasteiger partial charge in [0.15, 0.2) is 0 Å². The van der Waals surface area contributed by atoms with E-state index in [1.807, 2.05) is 6.92 Å². The number of H-pyrrole nitrogens is 1. The van der Waals surface area contributed by atoms with Gasteiger partial charge < -0.3 is 5.32 Å². The van der Waals surface area contributed by atoms with Crippen molar-refractivity contribution in [2.75, 3.05) is 12.4 Å². The molecular formula is C11H15N5O2S. The first-order valence-corrected chi connectivity index (χ1v) is 7.13. The largest absolute Gasteiger partial charge is 0.373 e. The van der Waals surface area contributed by atoms with Crippen LogP contribution in [-0.2, 0) is 16.6 Å². The lowest BCUT2D eigenvalue weighted by atomic mass is 10.3. The number of anilines is 1. The molecule has 2 aromatic rings. The molecule has 2 rings (SSSR count). The van der Waals surface area contributed by atoms with Gasteiger partial charge in [-0.15, -0.1) is 0 Å². The predicted octanol–water partition coefficient (Wildman–Crippen LogP) is 0.633. The summed E-state index contributed by atoms with van der Waals surface area (Å²) in [4.78, 5) is 4.11. The monoisotopic (exact) mass is 281 g/mol. The Morgan fingerprint density at radius 2 is 2.11 bits per heavy atom. The Labute approximate surface area is 111 Å². The standard InChI is InChI=1S/C11H15N5O2S/c1-8-9(5-14-16-8)6-15-19(17,18)10-3-4-11(12-2)13-7-10/h3-5,7,15H,6H2,1-2H3,(H,12,13)(H,14,16). The first kappa shape index (κ1) is 13.5. The third-order valence-electron chi connectivity index (χ3n) is 2.69. The highest BCUT2D eigenvalue weighted by atomic mass is 32.2. The van der Waals surface area contributed by atoms with Crippen LogP contribution in [0.4, 0.5) is 5.82 Å². The summed E-state index contributed by atoms with van der Waals surface area (Å²) >= 11 is 0. The predicted molar refractivity (Wildman–Crippen MR) is 71.1 cm³/mol. The Morgan fingerprint density at radius 1 is 1.32 bits per heavy atom. The minimum Gasteiger partial charge on any atom is -0.373 e. The van der Waals surface area contributed by atoms with Crippen LogP contribution < -0.4 is 10.0 Å². The smallest absolute Gasteiger partial charge is 0.242 e. The summed E-state index contributed by atoms with van der Waals surface area (Å²) in [5, 5.41) is 9.42. The van der Waals surface area contributed by atoms with Gasteiger partial charge in [0.05, 0.1) is 6.20 Å². The summed E-state index contributed by atoms with van der Waals surface area (Å²) in [6, 6.07) is 3.11. The van der Waals surface area contributed by atoms with E-state index in [-0.39, 0.29) is 11.4 Å². The molecule has 0 unspecified atom stereocenters. The number of nitrogens with one attached hydrogen (secondary N) is 3. The molecule has 0 aliphatic rings. The number of pyridine rings is 1. The second kappa shape index (κ2) is 5.37. The second-order valence-electron chi connectivity index (χ2n) is 3.97. The van der Waals surface area contributed by atoms with Crippen molar-refractivity contribution in [1.29, 1.82) is 0 Å². The highest BCUT2D eigenvalue weighted by Crippen LogP contribution is 2.11. The first-order valence-electron chi connectivity index (χ1n) is 5.65. The van der Waals surface area contributed by atoms with Gasteiger partial charge in [0.2, 0.25) is 10.0 Å². The fraction of sp³-hybridized carbons (Fsp3) is 0.273. The van der Waals surface area contributed by atoms with Gasteiger partial charge in [-0.25, -0.2) is 18.1 Å². The maximum Gasteiger partial charge on any atom is 0.242 e. The Bertz CT molecular complexity index is 648. The molecule has 19 heavy (non-hydrogen) atoms. The molecule has 2 heterocycles. The summed E-state index contributed by atoms with van der Waals surface area (Å²) in [7, 11) is -1.84. The van der Waals surface area contributed by atoms with Gasteiger partial charge in [-0.2, -0.15) is 5.10 Å². The number of hydrogen-bond donors (Lipinski definition) is 3. The highest BCUT2D eigenvalue weighted by Gasteiger charge is 2.14. The van der Waals surface area contributed by atoms with Gasteiger partial charge in [0.1, 0.15) is 10.7 Å². The fourth-order valence-corrected chi connectivity index (χ4v) is 2.45. The average molecular weight is 281 g/mol. The van der Waals surface area contributed by atoms with Crippen molar-refractivity contribution in [3.8, 4) is 0 Å². The van der Waals surface area contributed by atoms with E-state index in [2.05, 4.69) is 25.2 Å². The van der Waals surface area contributed by atoms with E-state index in [1.54, 1.807) is 19.3 Å². The first-order chi connectivity index (χ1) is 9.03. The molecule has 0 radical (unpaired) electrons. The van der Waals surface area contributed by atoms with Crippen LogP contribution in [0.25, 0.3) is 0 Å². The molecule has 8 heteroatoms. The molecule has 0 spiro atoms. The van der Waals surface area contributed by atoms with Crippen molar-refractivity contribution in [3.63, 3.8) is 0 Å². The number of hydrogen-bond acceptors (Lipinski definition) is 5. The maximum absolute atomic E-state index is 12.0. The lowest BCUT2D eigenvalue weighted by Gasteiger charge is -2.06. The zero-order valence-electron chi connectivity index (χ0n) is 10.6. The van der Waals surface area contributed by atoms with Crippen LogP contribution in [0.15, 0.2) is 29.4 Å². The van der Waals surface area contributed by atoms with E-state index in [0.717, 1.165) is 11.3 Å². The Hall–Kier alpha value is -1.93. The fourth-order valence-electron chi connectivity index (χ4n) is 1.50. The molecule has 3 N–H and O–H groups in total. The lowest BCUT2D eigenvalue weighted by molar-refractivity contribution is 0.581. The topological polar surface area (TPSA) is 99.8 Å². The lowest BCUT2D eigenvalue weighted by Crippen LogP contribution is -2.23. The van der Waals surface area contributed by atoms with Gasteiger partial charge in [-0.05, 0) is 19.1 Å². The minimum atomic E-state index is -3.56. The third-order valence-corrected chi connectivity index (χ3v) is 4.08. The molecule has 0 saturated carbocycles. The molecular weight excluding hydrogens is 266 g/mol. The van der Waals surface area contributed by atoms with E-state index in [1.165, 1.54) is 12.3 Å².